The summed E-state index contributed by atoms with van der Waals surface area (Å²) >= 11 is 0. The first-order valence-corrected chi connectivity index (χ1v) is 5.81. The number of nitrogens with one attached hydrogen (secondary N) is 1. The second kappa shape index (κ2) is 5.69. The van der Waals surface area contributed by atoms with Crippen molar-refractivity contribution < 1.29 is 9.47 Å². The van der Waals surface area contributed by atoms with Gasteiger partial charge in [-0.25, -0.2) is 0 Å². The van der Waals surface area contributed by atoms with Crippen LogP contribution in [0.1, 0.15) is 25.7 Å². The topological polar surface area (TPSA) is 30.5 Å². The van der Waals surface area contributed by atoms with Crippen LogP contribution in [0.15, 0.2) is 0 Å². The molecule has 0 amide bonds. The maximum atomic E-state index is 5.42. The molecule has 1 heterocycles. The monoisotopic (exact) mass is 199 g/mol. The van der Waals surface area contributed by atoms with Gasteiger partial charge in [-0.3, -0.25) is 0 Å². The van der Waals surface area contributed by atoms with E-state index in [1.165, 1.54) is 38.8 Å². The van der Waals surface area contributed by atoms with Crippen molar-refractivity contribution in [1.29, 1.82) is 0 Å². The van der Waals surface area contributed by atoms with Crippen molar-refractivity contribution in [3.63, 3.8) is 0 Å². The summed E-state index contributed by atoms with van der Waals surface area (Å²) in [7, 11) is 0. The number of ether oxygens (including phenoxy) is 2. The molecular formula is C11H21NO2. The summed E-state index contributed by atoms with van der Waals surface area (Å²) in [6, 6.07) is 0. The average molecular weight is 199 g/mol. The van der Waals surface area contributed by atoms with Gasteiger partial charge in [-0.2, -0.15) is 0 Å². The molecule has 0 aromatic heterocycles. The van der Waals surface area contributed by atoms with Crippen molar-refractivity contribution in [3.8, 4) is 0 Å². The smallest absolute Gasteiger partial charge is 0.146 e. The van der Waals surface area contributed by atoms with Crippen molar-refractivity contribution in [2.45, 2.75) is 25.7 Å². The first kappa shape index (κ1) is 10.4. The predicted molar refractivity (Wildman–Crippen MR) is 55.1 cm³/mol. The van der Waals surface area contributed by atoms with Gasteiger partial charge in [-0.15, -0.1) is 0 Å². The summed E-state index contributed by atoms with van der Waals surface area (Å²) in [6.07, 6.45) is 5.20. The molecule has 1 saturated heterocycles. The Labute approximate surface area is 86.2 Å². The average Bonchev–Trinajstić information content (AvgIpc) is 2.87. The summed E-state index contributed by atoms with van der Waals surface area (Å²) in [6.45, 7) is 4.62. The van der Waals surface area contributed by atoms with E-state index in [-0.39, 0.29) is 0 Å². The molecule has 1 N–H and O–H groups in total. The van der Waals surface area contributed by atoms with Gasteiger partial charge in [0.25, 0.3) is 0 Å². The van der Waals surface area contributed by atoms with E-state index in [0.717, 1.165) is 25.0 Å². The van der Waals surface area contributed by atoms with Crippen molar-refractivity contribution in [3.05, 3.63) is 0 Å². The van der Waals surface area contributed by atoms with Gasteiger partial charge in [-0.1, -0.05) is 0 Å². The van der Waals surface area contributed by atoms with Crippen molar-refractivity contribution in [1.82, 2.24) is 5.32 Å². The van der Waals surface area contributed by atoms with Gasteiger partial charge < -0.3 is 14.8 Å². The minimum Gasteiger partial charge on any atom is -0.355 e. The molecule has 1 aliphatic heterocycles. The van der Waals surface area contributed by atoms with Gasteiger partial charge in [0.2, 0.25) is 0 Å². The molecule has 3 nitrogen and oxygen atoms in total. The molecule has 0 aromatic rings. The zero-order valence-electron chi connectivity index (χ0n) is 8.84. The molecule has 2 aliphatic rings. The van der Waals surface area contributed by atoms with E-state index in [9.17, 15) is 0 Å². The molecule has 2 fully saturated rings. The molecule has 14 heavy (non-hydrogen) atoms. The third-order valence-electron chi connectivity index (χ3n) is 3.05. The molecule has 0 radical (unpaired) electrons. The van der Waals surface area contributed by atoms with Crippen molar-refractivity contribution >= 4 is 0 Å². The van der Waals surface area contributed by atoms with Crippen LogP contribution < -0.4 is 5.32 Å². The summed E-state index contributed by atoms with van der Waals surface area (Å²) in [5.41, 5.74) is 0. The SMILES string of the molecule is C1CC(CCOCOCC2CC2)CN1. The van der Waals surface area contributed by atoms with E-state index in [0.29, 0.717) is 6.79 Å². The minimum atomic E-state index is 0.497. The van der Waals surface area contributed by atoms with Crippen LogP contribution in [0.3, 0.4) is 0 Å². The van der Waals surface area contributed by atoms with Gasteiger partial charge in [0.05, 0.1) is 6.61 Å². The highest BCUT2D eigenvalue weighted by Gasteiger charge is 2.21. The fourth-order valence-corrected chi connectivity index (χ4v) is 1.83. The van der Waals surface area contributed by atoms with E-state index in [4.69, 9.17) is 9.47 Å². The number of hydrogen-bond acceptors (Lipinski definition) is 3. The second-order valence-electron chi connectivity index (χ2n) is 4.49. The normalized spacial score (nSPS) is 27.0. The third-order valence-corrected chi connectivity index (χ3v) is 3.05. The lowest BCUT2D eigenvalue weighted by Gasteiger charge is -2.08. The molecule has 0 aromatic carbocycles. The van der Waals surface area contributed by atoms with Gasteiger partial charge >= 0.3 is 0 Å². The molecule has 0 bridgehead atoms. The molecule has 3 heteroatoms. The summed E-state index contributed by atoms with van der Waals surface area (Å²) in [4.78, 5) is 0. The van der Waals surface area contributed by atoms with Crippen LogP contribution in [0.4, 0.5) is 0 Å². The Bertz CT molecular complexity index is 153. The van der Waals surface area contributed by atoms with Gasteiger partial charge in [-0.05, 0) is 50.6 Å². The molecule has 0 spiro atoms. The first-order chi connectivity index (χ1) is 6.95. The van der Waals surface area contributed by atoms with Crippen LogP contribution in [-0.4, -0.2) is 33.1 Å². The Balaban J connectivity index is 1.35. The molecule has 1 saturated carbocycles. The van der Waals surface area contributed by atoms with Gasteiger partial charge in [0, 0.05) is 6.61 Å². The van der Waals surface area contributed by atoms with Crippen LogP contribution in [0.2, 0.25) is 0 Å². The quantitative estimate of drug-likeness (QED) is 0.496. The molecule has 82 valence electrons. The Hall–Kier alpha value is -0.120. The molecule has 1 aliphatic carbocycles. The summed E-state index contributed by atoms with van der Waals surface area (Å²) in [5, 5.41) is 3.36. The highest BCUT2D eigenvalue weighted by molar-refractivity contribution is 4.72. The third kappa shape index (κ3) is 3.95. The fourth-order valence-electron chi connectivity index (χ4n) is 1.83. The maximum Gasteiger partial charge on any atom is 0.146 e. The second-order valence-corrected chi connectivity index (χ2v) is 4.49. The molecular weight excluding hydrogens is 178 g/mol. The standard InChI is InChI=1S/C11H21NO2/c1-2-11(1)8-14-9-13-6-4-10-3-5-12-7-10/h10-12H,1-9H2. The fraction of sp³-hybridized carbons (Fsp3) is 1.00. The number of hydrogen-bond donors (Lipinski definition) is 1. The summed E-state index contributed by atoms with van der Waals surface area (Å²) < 4.78 is 10.8. The van der Waals surface area contributed by atoms with E-state index < -0.39 is 0 Å². The van der Waals surface area contributed by atoms with E-state index in [1.54, 1.807) is 0 Å². The lowest BCUT2D eigenvalue weighted by Crippen LogP contribution is -2.11. The van der Waals surface area contributed by atoms with Crippen molar-refractivity contribution in [2.24, 2.45) is 11.8 Å². The van der Waals surface area contributed by atoms with E-state index in [2.05, 4.69) is 5.32 Å². The maximum absolute atomic E-state index is 5.42. The number of rotatable bonds is 7. The van der Waals surface area contributed by atoms with E-state index in [1.807, 2.05) is 0 Å². The van der Waals surface area contributed by atoms with E-state index >= 15 is 0 Å². The minimum absolute atomic E-state index is 0.497. The lowest BCUT2D eigenvalue weighted by molar-refractivity contribution is -0.0598. The molecule has 2 rings (SSSR count). The van der Waals surface area contributed by atoms with Crippen molar-refractivity contribution in [2.75, 3.05) is 33.1 Å². The lowest BCUT2D eigenvalue weighted by atomic mass is 10.1. The Morgan fingerprint density at radius 3 is 2.71 bits per heavy atom. The van der Waals surface area contributed by atoms with Gasteiger partial charge in [0.15, 0.2) is 0 Å². The van der Waals surface area contributed by atoms with Gasteiger partial charge in [0.1, 0.15) is 6.79 Å². The highest BCUT2D eigenvalue weighted by atomic mass is 16.7. The Morgan fingerprint density at radius 2 is 2.00 bits per heavy atom. The largest absolute Gasteiger partial charge is 0.355 e. The zero-order chi connectivity index (χ0) is 9.64. The van der Waals surface area contributed by atoms with Crippen LogP contribution in [0.25, 0.3) is 0 Å². The Kier molecular flexibility index (Phi) is 4.22. The summed E-state index contributed by atoms with van der Waals surface area (Å²) in [5.74, 6) is 1.68. The van der Waals surface area contributed by atoms with Crippen LogP contribution in [0.5, 0.6) is 0 Å². The predicted octanol–water partition coefficient (Wildman–Crippen LogP) is 1.39. The highest BCUT2D eigenvalue weighted by Crippen LogP contribution is 2.28. The first-order valence-electron chi connectivity index (χ1n) is 5.81. The Morgan fingerprint density at radius 1 is 1.07 bits per heavy atom. The van der Waals surface area contributed by atoms with Crippen LogP contribution in [-0.2, 0) is 9.47 Å². The molecule has 1 atom stereocenters. The van der Waals surface area contributed by atoms with Crippen LogP contribution in [0, 0.1) is 11.8 Å². The zero-order valence-corrected chi connectivity index (χ0v) is 8.84. The molecule has 1 unspecified atom stereocenters. The van der Waals surface area contributed by atoms with Crippen LogP contribution >= 0.6 is 0 Å².